The second kappa shape index (κ2) is 9.49. The van der Waals surface area contributed by atoms with Crippen LogP contribution in [-0.4, -0.2) is 39.8 Å². The van der Waals surface area contributed by atoms with E-state index in [0.29, 0.717) is 30.3 Å². The standard InChI is InChI=1S/C27H26ClN3O3/c1-18-8-2-5-11-23(18)30-15-19(14-26(30)33)27-29-22-10-4-6-12-24(22)31(27)16-20(32)17-34-25-13-7-3-9-21(25)28/h2-13,19-20,32H,14-17H2,1H3/t19-,20-/m1/s1. The van der Waals surface area contributed by atoms with Gasteiger partial charge in [-0.3, -0.25) is 4.79 Å². The Balaban J connectivity index is 1.40. The fraction of sp³-hybridized carbons (Fsp3) is 0.259. The zero-order chi connectivity index (χ0) is 23.7. The van der Waals surface area contributed by atoms with Gasteiger partial charge in [0.1, 0.15) is 24.3 Å². The predicted molar refractivity (Wildman–Crippen MR) is 134 cm³/mol. The Morgan fingerprint density at radius 3 is 2.65 bits per heavy atom. The summed E-state index contributed by atoms with van der Waals surface area (Å²) < 4.78 is 7.77. The first kappa shape index (κ1) is 22.4. The van der Waals surface area contributed by atoms with Crippen LogP contribution in [0.4, 0.5) is 5.69 Å². The molecule has 0 radical (unpaired) electrons. The molecular formula is C27H26ClN3O3. The number of fused-ring (bicyclic) bond motifs is 1. The van der Waals surface area contributed by atoms with Gasteiger partial charge >= 0.3 is 0 Å². The number of aromatic nitrogens is 2. The number of rotatable bonds is 7. The van der Waals surface area contributed by atoms with Gasteiger partial charge in [0.15, 0.2) is 0 Å². The summed E-state index contributed by atoms with van der Waals surface area (Å²) in [6, 6.07) is 23.0. The first-order chi connectivity index (χ1) is 16.5. The Bertz CT molecular complexity index is 1340. The first-order valence-corrected chi connectivity index (χ1v) is 11.8. The molecule has 1 N–H and O–H groups in total. The highest BCUT2D eigenvalue weighted by molar-refractivity contribution is 6.32. The van der Waals surface area contributed by atoms with Crippen LogP contribution in [0.3, 0.4) is 0 Å². The van der Waals surface area contributed by atoms with Crippen molar-refractivity contribution in [3.63, 3.8) is 0 Å². The Morgan fingerprint density at radius 2 is 1.82 bits per heavy atom. The summed E-state index contributed by atoms with van der Waals surface area (Å²) in [6.45, 7) is 2.96. The van der Waals surface area contributed by atoms with Gasteiger partial charge in [-0.1, -0.05) is 54.1 Å². The van der Waals surface area contributed by atoms with Crippen molar-refractivity contribution in [2.45, 2.75) is 31.9 Å². The Labute approximate surface area is 203 Å². The number of carbonyl (C=O) groups is 1. The number of amides is 1. The molecule has 1 fully saturated rings. The summed E-state index contributed by atoms with van der Waals surface area (Å²) in [5, 5.41) is 11.3. The number of nitrogens with zero attached hydrogens (tertiary/aromatic N) is 3. The van der Waals surface area contributed by atoms with Gasteiger partial charge in [0, 0.05) is 24.6 Å². The van der Waals surface area contributed by atoms with E-state index in [1.165, 1.54) is 0 Å². The second-order valence-corrected chi connectivity index (χ2v) is 9.06. The summed E-state index contributed by atoms with van der Waals surface area (Å²) in [7, 11) is 0. The van der Waals surface area contributed by atoms with E-state index in [2.05, 4.69) is 0 Å². The monoisotopic (exact) mass is 475 g/mol. The lowest BCUT2D eigenvalue weighted by molar-refractivity contribution is -0.117. The van der Waals surface area contributed by atoms with E-state index in [-0.39, 0.29) is 18.4 Å². The molecule has 0 unspecified atom stereocenters. The summed E-state index contributed by atoms with van der Waals surface area (Å²) in [5.41, 5.74) is 3.78. The highest BCUT2D eigenvalue weighted by Gasteiger charge is 2.35. The number of hydrogen-bond acceptors (Lipinski definition) is 4. The highest BCUT2D eigenvalue weighted by atomic mass is 35.5. The number of aliphatic hydroxyl groups is 1. The van der Waals surface area contributed by atoms with Crippen LogP contribution in [0.1, 0.15) is 23.7 Å². The maximum atomic E-state index is 13.0. The molecule has 2 heterocycles. The predicted octanol–water partition coefficient (Wildman–Crippen LogP) is 4.96. The Kier molecular flexibility index (Phi) is 6.26. The van der Waals surface area contributed by atoms with Crippen molar-refractivity contribution in [3.8, 4) is 5.75 Å². The number of halogens is 1. The van der Waals surface area contributed by atoms with E-state index in [0.717, 1.165) is 28.1 Å². The van der Waals surface area contributed by atoms with Gasteiger partial charge in [-0.15, -0.1) is 0 Å². The van der Waals surface area contributed by atoms with Gasteiger partial charge in [-0.25, -0.2) is 4.98 Å². The number of anilines is 1. The van der Waals surface area contributed by atoms with Gasteiger partial charge in [0.05, 0.1) is 22.6 Å². The normalized spacial score (nSPS) is 16.9. The minimum absolute atomic E-state index is 0.0730. The van der Waals surface area contributed by atoms with Crippen LogP contribution in [-0.2, 0) is 11.3 Å². The average Bonchev–Trinajstić information content (AvgIpc) is 3.39. The van der Waals surface area contributed by atoms with Crippen molar-refractivity contribution in [1.82, 2.24) is 9.55 Å². The molecule has 5 rings (SSSR count). The number of aliphatic hydroxyl groups excluding tert-OH is 1. The molecule has 1 saturated heterocycles. The number of hydrogen-bond donors (Lipinski definition) is 1. The quantitative estimate of drug-likeness (QED) is 0.410. The number of aryl methyl sites for hydroxylation is 1. The van der Waals surface area contributed by atoms with E-state index in [9.17, 15) is 9.90 Å². The lowest BCUT2D eigenvalue weighted by Gasteiger charge is -2.20. The van der Waals surface area contributed by atoms with Crippen LogP contribution in [0.2, 0.25) is 5.02 Å². The molecule has 3 aromatic carbocycles. The maximum absolute atomic E-state index is 13.0. The smallest absolute Gasteiger partial charge is 0.227 e. The van der Waals surface area contributed by atoms with Gasteiger partial charge in [-0.05, 0) is 42.8 Å². The van der Waals surface area contributed by atoms with Crippen LogP contribution >= 0.6 is 11.6 Å². The molecule has 2 atom stereocenters. The molecule has 0 aliphatic carbocycles. The molecule has 1 aliphatic heterocycles. The SMILES string of the molecule is Cc1ccccc1N1C[C@H](c2nc3ccccc3n2C[C@@H](O)COc2ccccc2Cl)CC1=O. The topological polar surface area (TPSA) is 67.6 Å². The number of imidazole rings is 1. The van der Waals surface area contributed by atoms with Crippen LogP contribution in [0.15, 0.2) is 72.8 Å². The number of para-hydroxylation sites is 4. The zero-order valence-corrected chi connectivity index (χ0v) is 19.7. The molecule has 6 nitrogen and oxygen atoms in total. The van der Waals surface area contributed by atoms with Crippen LogP contribution < -0.4 is 9.64 Å². The third kappa shape index (κ3) is 4.39. The summed E-state index contributed by atoms with van der Waals surface area (Å²) in [4.78, 5) is 19.7. The molecule has 7 heteroatoms. The number of carbonyl (C=O) groups excluding carboxylic acids is 1. The fourth-order valence-electron chi connectivity index (χ4n) is 4.59. The van der Waals surface area contributed by atoms with Crippen LogP contribution in [0, 0.1) is 6.92 Å². The van der Waals surface area contributed by atoms with Gasteiger partial charge < -0.3 is 19.3 Å². The highest BCUT2D eigenvalue weighted by Crippen LogP contribution is 2.34. The van der Waals surface area contributed by atoms with Crippen molar-refractivity contribution in [1.29, 1.82) is 0 Å². The minimum Gasteiger partial charge on any atom is -0.489 e. The second-order valence-electron chi connectivity index (χ2n) is 8.66. The molecule has 34 heavy (non-hydrogen) atoms. The van der Waals surface area contributed by atoms with E-state index in [1.807, 2.05) is 77.1 Å². The van der Waals surface area contributed by atoms with E-state index in [1.54, 1.807) is 12.1 Å². The lowest BCUT2D eigenvalue weighted by atomic mass is 10.1. The summed E-state index contributed by atoms with van der Waals surface area (Å²) >= 11 is 6.17. The van der Waals surface area contributed by atoms with E-state index >= 15 is 0 Å². The average molecular weight is 476 g/mol. The Morgan fingerprint density at radius 1 is 1.09 bits per heavy atom. The van der Waals surface area contributed by atoms with Gasteiger partial charge in [0.2, 0.25) is 5.91 Å². The number of benzene rings is 3. The molecule has 1 amide bonds. The van der Waals surface area contributed by atoms with Gasteiger partial charge in [0.25, 0.3) is 0 Å². The zero-order valence-electron chi connectivity index (χ0n) is 18.9. The molecule has 4 aromatic rings. The minimum atomic E-state index is -0.780. The Hall–Kier alpha value is -3.35. The van der Waals surface area contributed by atoms with Gasteiger partial charge in [-0.2, -0.15) is 0 Å². The number of ether oxygens (including phenoxy) is 1. The lowest BCUT2D eigenvalue weighted by Crippen LogP contribution is -2.27. The van der Waals surface area contributed by atoms with E-state index in [4.69, 9.17) is 21.3 Å². The van der Waals surface area contributed by atoms with Crippen LogP contribution in [0.25, 0.3) is 11.0 Å². The molecule has 0 saturated carbocycles. The molecule has 1 aromatic heterocycles. The maximum Gasteiger partial charge on any atom is 0.227 e. The third-order valence-corrected chi connectivity index (χ3v) is 6.55. The summed E-state index contributed by atoms with van der Waals surface area (Å²) in [6.07, 6.45) is -0.402. The molecule has 0 spiro atoms. The van der Waals surface area contributed by atoms with E-state index < -0.39 is 6.10 Å². The molecule has 174 valence electrons. The van der Waals surface area contributed by atoms with Crippen molar-refractivity contribution in [3.05, 3.63) is 89.2 Å². The fourth-order valence-corrected chi connectivity index (χ4v) is 4.78. The van der Waals surface area contributed by atoms with Crippen molar-refractivity contribution < 1.29 is 14.6 Å². The molecule has 0 bridgehead atoms. The third-order valence-electron chi connectivity index (χ3n) is 6.24. The molecular weight excluding hydrogens is 450 g/mol. The largest absolute Gasteiger partial charge is 0.489 e. The molecule has 1 aliphatic rings. The van der Waals surface area contributed by atoms with Crippen molar-refractivity contribution >= 4 is 34.2 Å². The first-order valence-electron chi connectivity index (χ1n) is 11.4. The van der Waals surface area contributed by atoms with Crippen LogP contribution in [0.5, 0.6) is 5.75 Å². The van der Waals surface area contributed by atoms with Crippen molar-refractivity contribution in [2.75, 3.05) is 18.1 Å². The summed E-state index contributed by atoms with van der Waals surface area (Å²) in [5.74, 6) is 1.35. The van der Waals surface area contributed by atoms with Crippen molar-refractivity contribution in [2.24, 2.45) is 0 Å².